The fourth-order valence-electron chi connectivity index (χ4n) is 3.38. The lowest BCUT2D eigenvalue weighted by Gasteiger charge is -2.34. The zero-order valence-corrected chi connectivity index (χ0v) is 17.9. The van der Waals surface area contributed by atoms with Crippen molar-refractivity contribution in [1.82, 2.24) is 19.6 Å². The molecule has 156 valence electrons. The number of hydrogen-bond donors (Lipinski definition) is 0. The topological polar surface area (TPSA) is 50.6 Å². The summed E-state index contributed by atoms with van der Waals surface area (Å²) in [5.41, 5.74) is 1.61. The van der Waals surface area contributed by atoms with Crippen molar-refractivity contribution in [2.24, 2.45) is 0 Å². The molecule has 2 heterocycles. The lowest BCUT2D eigenvalue weighted by molar-refractivity contribution is 0.0621. The van der Waals surface area contributed by atoms with Crippen molar-refractivity contribution in [3.8, 4) is 5.75 Å². The van der Waals surface area contributed by atoms with E-state index in [0.29, 0.717) is 29.6 Å². The second kappa shape index (κ2) is 9.51. The van der Waals surface area contributed by atoms with Crippen LogP contribution >= 0.6 is 23.2 Å². The highest BCUT2D eigenvalue weighted by Crippen LogP contribution is 2.17. The Morgan fingerprint density at radius 1 is 0.967 bits per heavy atom. The maximum absolute atomic E-state index is 12.8. The molecule has 1 aliphatic rings. The molecular formula is C22H22Cl2N4O2. The third-order valence-corrected chi connectivity index (χ3v) is 5.48. The van der Waals surface area contributed by atoms with Crippen LogP contribution in [0.2, 0.25) is 10.0 Å². The maximum Gasteiger partial charge on any atom is 0.274 e. The number of aromatic nitrogens is 2. The smallest absolute Gasteiger partial charge is 0.274 e. The summed E-state index contributed by atoms with van der Waals surface area (Å²) in [6, 6.07) is 16.7. The summed E-state index contributed by atoms with van der Waals surface area (Å²) >= 11 is 11.9. The van der Waals surface area contributed by atoms with Gasteiger partial charge in [0.15, 0.2) is 12.4 Å². The minimum Gasteiger partial charge on any atom is -0.471 e. The van der Waals surface area contributed by atoms with E-state index < -0.39 is 0 Å². The SMILES string of the molecule is O=C(c1ccn(COc2ccc(Cl)cc2)n1)N1CCN(Cc2cccc(Cl)c2)CC1. The zero-order valence-electron chi connectivity index (χ0n) is 16.4. The van der Waals surface area contributed by atoms with E-state index in [1.54, 1.807) is 41.2 Å². The second-order valence-corrected chi connectivity index (χ2v) is 8.04. The van der Waals surface area contributed by atoms with Crippen molar-refractivity contribution in [2.45, 2.75) is 13.3 Å². The Balaban J connectivity index is 1.27. The van der Waals surface area contributed by atoms with E-state index in [1.165, 1.54) is 5.56 Å². The predicted molar refractivity (Wildman–Crippen MR) is 117 cm³/mol. The molecule has 1 fully saturated rings. The van der Waals surface area contributed by atoms with Crippen LogP contribution in [0.1, 0.15) is 16.1 Å². The molecule has 4 rings (SSSR count). The van der Waals surface area contributed by atoms with Crippen molar-refractivity contribution < 1.29 is 9.53 Å². The Hall–Kier alpha value is -2.54. The monoisotopic (exact) mass is 444 g/mol. The van der Waals surface area contributed by atoms with Crippen molar-refractivity contribution in [3.05, 3.63) is 82.1 Å². The van der Waals surface area contributed by atoms with Gasteiger partial charge in [0, 0.05) is 49.0 Å². The van der Waals surface area contributed by atoms with Crippen molar-refractivity contribution in [1.29, 1.82) is 0 Å². The fraction of sp³-hybridized carbons (Fsp3) is 0.273. The van der Waals surface area contributed by atoms with Gasteiger partial charge >= 0.3 is 0 Å². The number of ether oxygens (including phenoxy) is 1. The number of nitrogens with zero attached hydrogens (tertiary/aromatic N) is 4. The number of hydrogen-bond acceptors (Lipinski definition) is 4. The molecule has 1 amide bonds. The highest BCUT2D eigenvalue weighted by atomic mass is 35.5. The molecule has 6 nitrogen and oxygen atoms in total. The Labute approximate surface area is 185 Å². The normalized spacial score (nSPS) is 14.7. The van der Waals surface area contributed by atoms with E-state index in [4.69, 9.17) is 27.9 Å². The molecule has 1 aliphatic heterocycles. The zero-order chi connectivity index (χ0) is 20.9. The summed E-state index contributed by atoms with van der Waals surface area (Å²) in [4.78, 5) is 17.0. The number of benzene rings is 2. The molecule has 0 N–H and O–H groups in total. The van der Waals surface area contributed by atoms with E-state index in [-0.39, 0.29) is 12.6 Å². The highest BCUT2D eigenvalue weighted by molar-refractivity contribution is 6.30. The van der Waals surface area contributed by atoms with Gasteiger partial charge < -0.3 is 9.64 Å². The molecule has 0 spiro atoms. The molecule has 30 heavy (non-hydrogen) atoms. The average molecular weight is 445 g/mol. The van der Waals surface area contributed by atoms with Gasteiger partial charge in [-0.3, -0.25) is 9.69 Å². The number of piperazine rings is 1. The minimum absolute atomic E-state index is 0.0531. The van der Waals surface area contributed by atoms with E-state index in [0.717, 1.165) is 24.7 Å². The summed E-state index contributed by atoms with van der Waals surface area (Å²) in [5, 5.41) is 5.76. The van der Waals surface area contributed by atoms with E-state index >= 15 is 0 Å². The lowest BCUT2D eigenvalue weighted by Crippen LogP contribution is -2.48. The molecule has 0 radical (unpaired) electrons. The molecule has 1 saturated heterocycles. The Morgan fingerprint density at radius 2 is 1.73 bits per heavy atom. The predicted octanol–water partition coefficient (Wildman–Crippen LogP) is 4.18. The number of carbonyl (C=O) groups is 1. The van der Waals surface area contributed by atoms with Gasteiger partial charge in [0.25, 0.3) is 5.91 Å². The van der Waals surface area contributed by atoms with Crippen LogP contribution in [0.4, 0.5) is 0 Å². The second-order valence-electron chi connectivity index (χ2n) is 7.17. The van der Waals surface area contributed by atoms with E-state index in [2.05, 4.69) is 16.1 Å². The molecule has 1 aromatic heterocycles. The van der Waals surface area contributed by atoms with Gasteiger partial charge in [-0.25, -0.2) is 4.68 Å². The van der Waals surface area contributed by atoms with Crippen LogP contribution in [-0.2, 0) is 13.3 Å². The van der Waals surface area contributed by atoms with Gasteiger partial charge in [0.2, 0.25) is 0 Å². The molecule has 0 atom stereocenters. The Kier molecular flexibility index (Phi) is 6.57. The number of halogens is 2. The number of carbonyl (C=O) groups excluding carboxylic acids is 1. The van der Waals surface area contributed by atoms with Crippen molar-refractivity contribution in [2.75, 3.05) is 26.2 Å². The van der Waals surface area contributed by atoms with E-state index in [1.807, 2.05) is 23.1 Å². The van der Waals surface area contributed by atoms with Gasteiger partial charge in [0.1, 0.15) is 5.75 Å². The number of rotatable bonds is 6. The third-order valence-electron chi connectivity index (χ3n) is 4.99. The maximum atomic E-state index is 12.8. The summed E-state index contributed by atoms with van der Waals surface area (Å²) in [6.07, 6.45) is 1.75. The summed E-state index contributed by atoms with van der Waals surface area (Å²) in [7, 11) is 0. The standard InChI is InChI=1S/C22H22Cl2N4O2/c23-18-4-6-20(7-5-18)30-16-28-9-8-21(25-28)22(29)27-12-10-26(11-13-27)15-17-2-1-3-19(24)14-17/h1-9,14H,10-13,15-16H2. The van der Waals surface area contributed by atoms with Crippen LogP contribution in [0, 0.1) is 0 Å². The minimum atomic E-state index is -0.0531. The van der Waals surface area contributed by atoms with Gasteiger partial charge in [-0.1, -0.05) is 35.3 Å². The molecule has 0 saturated carbocycles. The molecule has 3 aromatic rings. The fourth-order valence-corrected chi connectivity index (χ4v) is 3.72. The molecular weight excluding hydrogens is 423 g/mol. The van der Waals surface area contributed by atoms with Gasteiger partial charge in [-0.15, -0.1) is 0 Å². The highest BCUT2D eigenvalue weighted by Gasteiger charge is 2.23. The van der Waals surface area contributed by atoms with E-state index in [9.17, 15) is 4.79 Å². The average Bonchev–Trinajstić information content (AvgIpc) is 3.22. The first-order valence-corrected chi connectivity index (χ1v) is 10.5. The Morgan fingerprint density at radius 3 is 2.47 bits per heavy atom. The first-order valence-electron chi connectivity index (χ1n) is 9.75. The summed E-state index contributed by atoms with van der Waals surface area (Å²) in [6.45, 7) is 4.04. The lowest BCUT2D eigenvalue weighted by atomic mass is 10.2. The summed E-state index contributed by atoms with van der Waals surface area (Å²) in [5.74, 6) is 0.640. The first kappa shape index (κ1) is 20.7. The quantitative estimate of drug-likeness (QED) is 0.571. The van der Waals surface area contributed by atoms with Crippen molar-refractivity contribution in [3.63, 3.8) is 0 Å². The van der Waals surface area contributed by atoms with Crippen molar-refractivity contribution >= 4 is 29.1 Å². The summed E-state index contributed by atoms with van der Waals surface area (Å²) < 4.78 is 7.27. The molecule has 0 aliphatic carbocycles. The Bertz CT molecular complexity index is 998. The number of amides is 1. The van der Waals surface area contributed by atoms with Crippen LogP contribution in [0.25, 0.3) is 0 Å². The van der Waals surface area contributed by atoms with Crippen LogP contribution in [0.3, 0.4) is 0 Å². The molecule has 2 aromatic carbocycles. The van der Waals surface area contributed by atoms with Gasteiger partial charge in [0.05, 0.1) is 0 Å². The molecule has 0 bridgehead atoms. The van der Waals surface area contributed by atoms with Gasteiger partial charge in [-0.05, 0) is 48.0 Å². The van der Waals surface area contributed by atoms with Crippen LogP contribution in [0.15, 0.2) is 60.8 Å². The van der Waals surface area contributed by atoms with Crippen LogP contribution < -0.4 is 4.74 Å². The van der Waals surface area contributed by atoms with Gasteiger partial charge in [-0.2, -0.15) is 5.10 Å². The third kappa shape index (κ3) is 5.33. The molecule has 0 unspecified atom stereocenters. The molecule has 8 heteroatoms. The van der Waals surface area contributed by atoms with Crippen LogP contribution in [0.5, 0.6) is 5.75 Å². The first-order chi connectivity index (χ1) is 14.6. The van der Waals surface area contributed by atoms with Crippen LogP contribution in [-0.4, -0.2) is 51.7 Å². The largest absolute Gasteiger partial charge is 0.471 e.